The first-order chi connectivity index (χ1) is 11.9. The Labute approximate surface area is 152 Å². The van der Waals surface area contributed by atoms with E-state index in [1.807, 2.05) is 0 Å². The second-order valence-corrected chi connectivity index (χ2v) is 8.53. The molecule has 0 heterocycles. The Kier molecular flexibility index (Phi) is 3.85. The Balaban J connectivity index is 2.46. The zero-order chi connectivity index (χ0) is 19.8. The maximum atomic E-state index is 12.9. The molecule has 0 radical (unpaired) electrons. The molecule has 2 aliphatic carbocycles. The van der Waals surface area contributed by atoms with E-state index in [-0.39, 0.29) is 22.6 Å². The number of phenols is 3. The Morgan fingerprint density at radius 3 is 2.12 bits per heavy atom. The lowest BCUT2D eigenvalue weighted by atomic mass is 9.53. The summed E-state index contributed by atoms with van der Waals surface area (Å²) in [6.07, 6.45) is -0.0210. The SMILES string of the molecule is CC(C)c1c(O)c(O)c2c(c1O)C(=O)C(O)=C1C2(C)CCC(O)C1(C)C. The maximum Gasteiger partial charge on any atom is 0.231 e. The van der Waals surface area contributed by atoms with Gasteiger partial charge in [0.1, 0.15) is 5.75 Å². The van der Waals surface area contributed by atoms with Gasteiger partial charge in [0.05, 0.1) is 11.7 Å². The fraction of sp³-hybridized carbons (Fsp3) is 0.550. The second kappa shape index (κ2) is 5.39. The molecule has 26 heavy (non-hydrogen) atoms. The van der Waals surface area contributed by atoms with Gasteiger partial charge in [0.15, 0.2) is 17.3 Å². The van der Waals surface area contributed by atoms with Crippen molar-refractivity contribution in [2.24, 2.45) is 5.41 Å². The summed E-state index contributed by atoms with van der Waals surface area (Å²) < 4.78 is 0. The fourth-order valence-corrected chi connectivity index (χ4v) is 4.87. The van der Waals surface area contributed by atoms with Crippen LogP contribution in [0.4, 0.5) is 0 Å². The Morgan fingerprint density at radius 1 is 1.00 bits per heavy atom. The normalized spacial score (nSPS) is 27.5. The molecule has 0 saturated heterocycles. The number of allylic oxidation sites excluding steroid dienone is 1. The Hall–Kier alpha value is -2.21. The van der Waals surface area contributed by atoms with Crippen molar-refractivity contribution in [3.63, 3.8) is 0 Å². The van der Waals surface area contributed by atoms with Gasteiger partial charge in [-0.15, -0.1) is 0 Å². The van der Waals surface area contributed by atoms with Crippen LogP contribution in [0.3, 0.4) is 0 Å². The highest BCUT2D eigenvalue weighted by molar-refractivity contribution is 6.13. The minimum atomic E-state index is -0.995. The van der Waals surface area contributed by atoms with Crippen LogP contribution in [-0.2, 0) is 5.41 Å². The highest BCUT2D eigenvalue weighted by atomic mass is 16.3. The molecule has 6 nitrogen and oxygen atoms in total. The van der Waals surface area contributed by atoms with E-state index in [2.05, 4.69) is 0 Å². The first-order valence-electron chi connectivity index (χ1n) is 8.85. The van der Waals surface area contributed by atoms with E-state index in [0.717, 1.165) is 0 Å². The van der Waals surface area contributed by atoms with Gasteiger partial charge >= 0.3 is 0 Å². The van der Waals surface area contributed by atoms with Gasteiger partial charge in [0.25, 0.3) is 0 Å². The zero-order valence-corrected chi connectivity index (χ0v) is 15.7. The number of hydrogen-bond donors (Lipinski definition) is 5. The first kappa shape index (κ1) is 18.6. The van der Waals surface area contributed by atoms with Crippen LogP contribution in [0.5, 0.6) is 17.2 Å². The molecule has 0 aliphatic heterocycles. The van der Waals surface area contributed by atoms with Crippen molar-refractivity contribution in [3.05, 3.63) is 28.0 Å². The number of benzene rings is 1. The second-order valence-electron chi connectivity index (χ2n) is 8.53. The number of ketones is 1. The zero-order valence-electron chi connectivity index (χ0n) is 15.7. The molecule has 142 valence electrons. The van der Waals surface area contributed by atoms with Crippen molar-refractivity contribution in [3.8, 4) is 17.2 Å². The van der Waals surface area contributed by atoms with Crippen LogP contribution in [0.1, 0.15) is 74.9 Å². The number of aliphatic hydroxyl groups excluding tert-OH is 2. The molecule has 0 spiro atoms. The molecule has 0 amide bonds. The van der Waals surface area contributed by atoms with Crippen LogP contribution in [0, 0.1) is 5.41 Å². The van der Waals surface area contributed by atoms with Crippen molar-refractivity contribution >= 4 is 5.78 Å². The highest BCUT2D eigenvalue weighted by Crippen LogP contribution is 2.61. The predicted octanol–water partition coefficient (Wildman–Crippen LogP) is 3.37. The quantitative estimate of drug-likeness (QED) is 0.386. The summed E-state index contributed by atoms with van der Waals surface area (Å²) in [7, 11) is 0. The van der Waals surface area contributed by atoms with Gasteiger partial charge in [0.2, 0.25) is 5.78 Å². The lowest BCUT2D eigenvalue weighted by molar-refractivity contribution is 0.0232. The molecule has 2 aliphatic rings. The van der Waals surface area contributed by atoms with Gasteiger partial charge in [-0.25, -0.2) is 0 Å². The van der Waals surface area contributed by atoms with Crippen molar-refractivity contribution in [2.45, 2.75) is 64.9 Å². The monoisotopic (exact) mass is 362 g/mol. The van der Waals surface area contributed by atoms with E-state index >= 15 is 0 Å². The van der Waals surface area contributed by atoms with E-state index in [9.17, 15) is 30.3 Å². The molecule has 0 bridgehead atoms. The van der Waals surface area contributed by atoms with Crippen molar-refractivity contribution in [1.82, 2.24) is 0 Å². The predicted molar refractivity (Wildman–Crippen MR) is 95.9 cm³/mol. The Bertz CT molecular complexity index is 849. The van der Waals surface area contributed by atoms with Crippen molar-refractivity contribution in [2.75, 3.05) is 0 Å². The molecule has 2 unspecified atom stereocenters. The minimum absolute atomic E-state index is 0.0737. The maximum absolute atomic E-state index is 12.9. The molecule has 1 aromatic rings. The smallest absolute Gasteiger partial charge is 0.231 e. The number of fused-ring (bicyclic) bond motifs is 3. The van der Waals surface area contributed by atoms with E-state index < -0.39 is 45.7 Å². The van der Waals surface area contributed by atoms with Crippen LogP contribution in [-0.4, -0.2) is 37.4 Å². The lowest BCUT2D eigenvalue weighted by Gasteiger charge is -2.51. The third kappa shape index (κ3) is 2.05. The minimum Gasteiger partial charge on any atom is -0.507 e. The summed E-state index contributed by atoms with van der Waals surface area (Å²) in [6.45, 7) is 8.66. The topological polar surface area (TPSA) is 118 Å². The standard InChI is InChI=1S/C20H26O6/c1-8(2)10-13(22)11-12(16(25)14(10)23)20(5)7-6-9(21)19(3,4)18(20)17(26)15(11)24/h8-9,21-23,25-26H,6-7H2,1-5H3. The summed E-state index contributed by atoms with van der Waals surface area (Å²) in [6, 6.07) is 0. The molecule has 3 rings (SSSR count). The number of rotatable bonds is 1. The molecule has 1 fully saturated rings. The summed E-state index contributed by atoms with van der Waals surface area (Å²) >= 11 is 0. The number of aliphatic hydroxyl groups is 2. The number of hydrogen-bond acceptors (Lipinski definition) is 6. The summed E-state index contributed by atoms with van der Waals surface area (Å²) in [5.74, 6) is -2.96. The highest BCUT2D eigenvalue weighted by Gasteiger charge is 2.56. The van der Waals surface area contributed by atoms with Crippen LogP contribution < -0.4 is 0 Å². The van der Waals surface area contributed by atoms with Crippen LogP contribution in [0.25, 0.3) is 0 Å². The third-order valence-corrected chi connectivity index (χ3v) is 6.21. The largest absolute Gasteiger partial charge is 0.507 e. The van der Waals surface area contributed by atoms with Gasteiger partial charge in [-0.1, -0.05) is 34.6 Å². The van der Waals surface area contributed by atoms with Gasteiger partial charge in [0, 0.05) is 22.0 Å². The van der Waals surface area contributed by atoms with E-state index in [4.69, 9.17) is 0 Å². The molecular formula is C20H26O6. The molecule has 1 aromatic carbocycles. The van der Waals surface area contributed by atoms with Gasteiger partial charge in [-0.2, -0.15) is 0 Å². The van der Waals surface area contributed by atoms with Gasteiger partial charge < -0.3 is 25.5 Å². The van der Waals surface area contributed by atoms with Crippen LogP contribution in [0.15, 0.2) is 11.3 Å². The first-order valence-corrected chi connectivity index (χ1v) is 8.85. The van der Waals surface area contributed by atoms with E-state index in [1.165, 1.54) is 0 Å². The van der Waals surface area contributed by atoms with Crippen LogP contribution >= 0.6 is 0 Å². The summed E-state index contributed by atoms with van der Waals surface area (Å²) in [5, 5.41) is 53.1. The molecule has 5 N–H and O–H groups in total. The Morgan fingerprint density at radius 2 is 1.58 bits per heavy atom. The summed E-state index contributed by atoms with van der Waals surface area (Å²) in [4.78, 5) is 12.9. The van der Waals surface area contributed by atoms with Gasteiger partial charge in [-0.05, 0) is 24.3 Å². The third-order valence-electron chi connectivity index (χ3n) is 6.21. The van der Waals surface area contributed by atoms with E-state index in [1.54, 1.807) is 34.6 Å². The molecule has 2 atom stereocenters. The number of Topliss-reactive ketones (excluding diaryl/α,β-unsaturated/α-hetero) is 1. The van der Waals surface area contributed by atoms with Crippen LogP contribution in [0.2, 0.25) is 0 Å². The average molecular weight is 362 g/mol. The molecule has 0 aromatic heterocycles. The van der Waals surface area contributed by atoms with E-state index in [0.29, 0.717) is 18.4 Å². The number of phenolic OH excluding ortho intramolecular Hbond substituents is 3. The fourth-order valence-electron chi connectivity index (χ4n) is 4.87. The number of aromatic hydroxyl groups is 3. The number of carbonyl (C=O) groups is 1. The average Bonchev–Trinajstić information content (AvgIpc) is 2.52. The lowest BCUT2D eigenvalue weighted by Crippen LogP contribution is -2.49. The van der Waals surface area contributed by atoms with Gasteiger partial charge in [-0.3, -0.25) is 4.79 Å². The molecule has 6 heteroatoms. The van der Waals surface area contributed by atoms with Crippen molar-refractivity contribution in [1.29, 1.82) is 0 Å². The molecular weight excluding hydrogens is 336 g/mol. The van der Waals surface area contributed by atoms with Crippen molar-refractivity contribution < 1.29 is 30.3 Å². The number of carbonyl (C=O) groups excluding carboxylic acids is 1. The molecule has 1 saturated carbocycles. The summed E-state index contributed by atoms with van der Waals surface area (Å²) in [5.41, 5.74) is -1.55.